The van der Waals surface area contributed by atoms with E-state index in [1.54, 1.807) is 0 Å². The topological polar surface area (TPSA) is 29.2 Å². The molecular weight excluding hydrogens is 683 g/mol. The van der Waals surface area contributed by atoms with E-state index >= 15 is 0 Å². The van der Waals surface area contributed by atoms with Crippen LogP contribution in [0.5, 0.6) is 0 Å². The SMILES string of the molecule is CC(C)c1cccc(C(C)C)c1-c1c(-c2ccccc2)nn(-c2ccc3c4ccccc4n(-c4cccc(N5CN(C)c6ccccc65)c4)c3c2)c1C(C)(C)C. The van der Waals surface area contributed by atoms with Crippen LogP contribution in [0.2, 0.25) is 0 Å². The van der Waals surface area contributed by atoms with Gasteiger partial charge in [0, 0.05) is 45.7 Å². The molecule has 0 amide bonds. The maximum atomic E-state index is 5.65. The van der Waals surface area contributed by atoms with E-state index in [9.17, 15) is 0 Å². The van der Waals surface area contributed by atoms with Crippen molar-refractivity contribution in [3.05, 3.63) is 156 Å². The Kier molecular flexibility index (Phi) is 8.65. The Labute approximate surface area is 331 Å². The smallest absolute Gasteiger partial charge is 0.101 e. The lowest BCUT2D eigenvalue weighted by Crippen LogP contribution is -2.24. The summed E-state index contributed by atoms with van der Waals surface area (Å²) in [6, 6.07) is 51.0. The average molecular weight is 734 g/mol. The molecule has 0 fully saturated rings. The second-order valence-electron chi connectivity index (χ2n) is 17.1. The van der Waals surface area contributed by atoms with E-state index in [-0.39, 0.29) is 5.41 Å². The summed E-state index contributed by atoms with van der Waals surface area (Å²) in [7, 11) is 2.16. The van der Waals surface area contributed by atoms with Crippen LogP contribution in [0.15, 0.2) is 140 Å². The van der Waals surface area contributed by atoms with Crippen LogP contribution in [0, 0.1) is 0 Å². The van der Waals surface area contributed by atoms with Crippen molar-refractivity contribution in [2.45, 2.75) is 65.7 Å². The first-order valence-electron chi connectivity index (χ1n) is 20.0. The number of nitrogens with zero attached hydrogens (tertiary/aromatic N) is 5. The quantitative estimate of drug-likeness (QED) is 0.163. The molecule has 0 saturated carbocycles. The van der Waals surface area contributed by atoms with Crippen LogP contribution in [-0.2, 0) is 5.41 Å². The Morgan fingerprint density at radius 3 is 1.89 bits per heavy atom. The molecule has 1 aliphatic heterocycles. The molecule has 0 aliphatic carbocycles. The average Bonchev–Trinajstić information content (AvgIpc) is 3.88. The molecule has 0 unspecified atom stereocenters. The van der Waals surface area contributed by atoms with Gasteiger partial charge in [-0.3, -0.25) is 0 Å². The highest BCUT2D eigenvalue weighted by atomic mass is 15.4. The zero-order valence-electron chi connectivity index (χ0n) is 33.9. The van der Waals surface area contributed by atoms with Crippen molar-refractivity contribution in [3.63, 3.8) is 0 Å². The molecule has 1 aliphatic rings. The van der Waals surface area contributed by atoms with E-state index < -0.39 is 0 Å². The Hall–Kier alpha value is -6.07. The van der Waals surface area contributed by atoms with Gasteiger partial charge in [0.1, 0.15) is 5.69 Å². The van der Waals surface area contributed by atoms with Gasteiger partial charge < -0.3 is 14.4 Å². The molecule has 0 spiro atoms. The van der Waals surface area contributed by atoms with Gasteiger partial charge in [-0.1, -0.05) is 139 Å². The lowest BCUT2D eigenvalue weighted by Gasteiger charge is -2.26. The highest BCUT2D eigenvalue weighted by Crippen LogP contribution is 2.47. The number of rotatable bonds is 7. The molecule has 5 heteroatoms. The van der Waals surface area contributed by atoms with Crippen molar-refractivity contribution in [1.82, 2.24) is 14.3 Å². The third-order valence-electron chi connectivity index (χ3n) is 11.5. The summed E-state index contributed by atoms with van der Waals surface area (Å²) in [6.07, 6.45) is 0. The van der Waals surface area contributed by atoms with E-state index in [2.05, 4.69) is 214 Å². The number of para-hydroxylation sites is 3. The van der Waals surface area contributed by atoms with Gasteiger partial charge in [-0.15, -0.1) is 0 Å². The summed E-state index contributed by atoms with van der Waals surface area (Å²) >= 11 is 0. The normalized spacial score (nSPS) is 13.2. The third kappa shape index (κ3) is 5.80. The number of benzene rings is 6. The number of anilines is 3. The molecule has 3 heterocycles. The monoisotopic (exact) mass is 733 g/mol. The molecule has 6 aromatic carbocycles. The van der Waals surface area contributed by atoms with Crippen molar-refractivity contribution in [2.24, 2.45) is 0 Å². The molecule has 0 saturated heterocycles. The maximum absolute atomic E-state index is 5.65. The fourth-order valence-electron chi connectivity index (χ4n) is 8.94. The van der Waals surface area contributed by atoms with Crippen molar-refractivity contribution in [2.75, 3.05) is 23.5 Å². The van der Waals surface area contributed by atoms with Crippen LogP contribution in [0.1, 0.15) is 77.1 Å². The molecule has 9 rings (SSSR count). The molecule has 56 heavy (non-hydrogen) atoms. The predicted molar refractivity (Wildman–Crippen MR) is 238 cm³/mol. The Morgan fingerprint density at radius 2 is 1.18 bits per heavy atom. The Morgan fingerprint density at radius 1 is 0.554 bits per heavy atom. The second-order valence-corrected chi connectivity index (χ2v) is 17.1. The van der Waals surface area contributed by atoms with Crippen LogP contribution in [-0.4, -0.2) is 28.1 Å². The third-order valence-corrected chi connectivity index (χ3v) is 11.5. The van der Waals surface area contributed by atoms with E-state index in [1.807, 2.05) is 0 Å². The molecule has 0 bridgehead atoms. The van der Waals surface area contributed by atoms with Gasteiger partial charge in [0.25, 0.3) is 0 Å². The molecule has 5 nitrogen and oxygen atoms in total. The van der Waals surface area contributed by atoms with Crippen LogP contribution in [0.25, 0.3) is 55.6 Å². The van der Waals surface area contributed by atoms with E-state index in [4.69, 9.17) is 5.10 Å². The Balaban J connectivity index is 1.31. The van der Waals surface area contributed by atoms with Crippen LogP contribution >= 0.6 is 0 Å². The van der Waals surface area contributed by atoms with Gasteiger partial charge in [0.2, 0.25) is 0 Å². The highest BCUT2D eigenvalue weighted by molar-refractivity contribution is 6.10. The molecule has 0 atom stereocenters. The fourth-order valence-corrected chi connectivity index (χ4v) is 8.94. The van der Waals surface area contributed by atoms with Gasteiger partial charge in [0.05, 0.1) is 40.5 Å². The standard InChI is InChI=1S/C51H51N5/c1-33(2)39-23-17-24-40(34(3)4)47(39)48-49(35-18-10-9-11-19-35)52-56(50(48)51(5,6)7)38-28-29-42-41-22-12-13-25-43(41)55(46(42)31-38)37-21-16-20-36(30-37)54-32-53(8)44-26-14-15-27-45(44)54/h9-31,33-34H,32H2,1-8H3. The minimum atomic E-state index is -0.233. The minimum absolute atomic E-state index is 0.233. The first-order chi connectivity index (χ1) is 27.0. The van der Waals surface area contributed by atoms with Gasteiger partial charge in [-0.25, -0.2) is 4.68 Å². The summed E-state index contributed by atoms with van der Waals surface area (Å²) in [5, 5.41) is 8.11. The number of hydrogen-bond donors (Lipinski definition) is 0. The first kappa shape index (κ1) is 35.6. The predicted octanol–water partition coefficient (Wildman–Crippen LogP) is 13.4. The summed E-state index contributed by atoms with van der Waals surface area (Å²) in [4.78, 5) is 4.72. The van der Waals surface area contributed by atoms with Crippen molar-refractivity contribution in [3.8, 4) is 33.8 Å². The fraction of sp³-hybridized carbons (Fsp3) is 0.235. The number of hydrogen-bond acceptors (Lipinski definition) is 3. The Bertz CT molecular complexity index is 2710. The van der Waals surface area contributed by atoms with Crippen LogP contribution in [0.3, 0.4) is 0 Å². The number of aromatic nitrogens is 3. The summed E-state index contributed by atoms with van der Waals surface area (Å²) < 4.78 is 4.70. The zero-order valence-corrected chi connectivity index (χ0v) is 33.9. The molecule has 0 N–H and O–H groups in total. The second kappa shape index (κ2) is 13.6. The molecule has 8 aromatic rings. The van der Waals surface area contributed by atoms with Crippen LogP contribution < -0.4 is 9.80 Å². The maximum Gasteiger partial charge on any atom is 0.101 e. The minimum Gasteiger partial charge on any atom is -0.355 e. The highest BCUT2D eigenvalue weighted by Gasteiger charge is 2.33. The van der Waals surface area contributed by atoms with Gasteiger partial charge in [0.15, 0.2) is 0 Å². The van der Waals surface area contributed by atoms with Crippen molar-refractivity contribution in [1.29, 1.82) is 0 Å². The van der Waals surface area contributed by atoms with Crippen LogP contribution in [0.4, 0.5) is 17.1 Å². The molecular formula is C51H51N5. The summed E-state index contributed by atoms with van der Waals surface area (Å²) in [5.41, 5.74) is 16.6. The lowest BCUT2D eigenvalue weighted by atomic mass is 9.79. The summed E-state index contributed by atoms with van der Waals surface area (Å²) in [5.74, 6) is 0.696. The van der Waals surface area contributed by atoms with Gasteiger partial charge >= 0.3 is 0 Å². The number of fused-ring (bicyclic) bond motifs is 4. The van der Waals surface area contributed by atoms with E-state index in [0.717, 1.165) is 34.8 Å². The van der Waals surface area contributed by atoms with Gasteiger partial charge in [-0.05, 0) is 77.1 Å². The van der Waals surface area contributed by atoms with Gasteiger partial charge in [-0.2, -0.15) is 5.10 Å². The van der Waals surface area contributed by atoms with E-state index in [1.165, 1.54) is 61.3 Å². The zero-order chi connectivity index (χ0) is 38.9. The van der Waals surface area contributed by atoms with Crippen molar-refractivity contribution < 1.29 is 0 Å². The lowest BCUT2D eigenvalue weighted by molar-refractivity contribution is 0.545. The molecule has 0 radical (unpaired) electrons. The summed E-state index contributed by atoms with van der Waals surface area (Å²) in [6.45, 7) is 17.1. The van der Waals surface area contributed by atoms with Crippen molar-refractivity contribution >= 4 is 38.9 Å². The molecule has 280 valence electrons. The molecule has 2 aromatic heterocycles. The largest absolute Gasteiger partial charge is 0.355 e. The first-order valence-corrected chi connectivity index (χ1v) is 20.0. The van der Waals surface area contributed by atoms with E-state index in [0.29, 0.717) is 11.8 Å².